The van der Waals surface area contributed by atoms with Crippen molar-refractivity contribution in [2.24, 2.45) is 0 Å². The highest BCUT2D eigenvalue weighted by Crippen LogP contribution is 2.28. The molecule has 0 fully saturated rings. The number of fused-ring (bicyclic) bond motifs is 2. The van der Waals surface area contributed by atoms with Crippen LogP contribution in [0.15, 0.2) is 49.1 Å². The van der Waals surface area contributed by atoms with Crippen molar-refractivity contribution in [3.63, 3.8) is 0 Å². The molecule has 8 heteroatoms. The minimum atomic E-state index is -2.60. The summed E-state index contributed by atoms with van der Waals surface area (Å²) in [5.74, 6) is -0.576. The van der Waals surface area contributed by atoms with E-state index in [1.165, 1.54) is 10.7 Å². The number of nitrogens with zero attached hydrogens (tertiary/aromatic N) is 3. The van der Waals surface area contributed by atoms with Crippen LogP contribution in [-0.4, -0.2) is 38.5 Å². The molecule has 0 aliphatic rings. The Morgan fingerprint density at radius 3 is 3.08 bits per heavy atom. The molecule has 0 aromatic carbocycles. The number of carbonyl (C=O) groups is 1. The molecule has 0 radical (unpaired) electrons. The minimum absolute atomic E-state index is 0.250. The van der Waals surface area contributed by atoms with Gasteiger partial charge in [-0.25, -0.2) is 18.3 Å². The van der Waals surface area contributed by atoms with Gasteiger partial charge in [-0.15, -0.1) is 0 Å². The predicted molar refractivity (Wildman–Crippen MR) is 88.6 cm³/mol. The van der Waals surface area contributed by atoms with Crippen LogP contribution < -0.4 is 5.32 Å². The molecule has 4 aromatic heterocycles. The van der Waals surface area contributed by atoms with Gasteiger partial charge in [-0.1, -0.05) is 0 Å². The van der Waals surface area contributed by atoms with Crippen molar-refractivity contribution in [2.45, 2.75) is 6.43 Å². The topological polar surface area (TPSA) is 75.1 Å². The lowest BCUT2D eigenvalue weighted by atomic mass is 10.1. The van der Waals surface area contributed by atoms with E-state index in [4.69, 9.17) is 0 Å². The Kier molecular flexibility index (Phi) is 3.64. The molecule has 4 rings (SSSR count). The third-order valence-electron chi connectivity index (χ3n) is 3.95. The lowest BCUT2D eigenvalue weighted by Crippen LogP contribution is -2.28. The summed E-state index contributed by atoms with van der Waals surface area (Å²) < 4.78 is 26.1. The number of amides is 1. The molecule has 0 saturated carbocycles. The molecule has 126 valence electrons. The van der Waals surface area contributed by atoms with Crippen molar-refractivity contribution < 1.29 is 13.6 Å². The zero-order chi connectivity index (χ0) is 17.4. The zero-order valence-corrected chi connectivity index (χ0v) is 12.9. The average molecular weight is 341 g/mol. The maximum Gasteiger partial charge on any atom is 0.255 e. The number of hydrogen-bond acceptors (Lipinski definition) is 3. The van der Waals surface area contributed by atoms with Gasteiger partial charge < -0.3 is 10.3 Å². The number of aromatic amines is 1. The minimum Gasteiger partial charge on any atom is -0.346 e. The quantitative estimate of drug-likeness (QED) is 0.599. The molecule has 4 heterocycles. The molecule has 0 saturated heterocycles. The molecule has 0 unspecified atom stereocenters. The second kappa shape index (κ2) is 5.97. The molecule has 1 amide bonds. The first-order valence-corrected chi connectivity index (χ1v) is 7.59. The maximum atomic E-state index is 12.3. The van der Waals surface area contributed by atoms with Gasteiger partial charge in [0, 0.05) is 29.5 Å². The van der Waals surface area contributed by atoms with Gasteiger partial charge in [0.2, 0.25) is 0 Å². The lowest BCUT2D eigenvalue weighted by molar-refractivity contribution is 0.0893. The summed E-state index contributed by atoms with van der Waals surface area (Å²) in [6, 6.07) is 7.47. The number of rotatable bonds is 4. The third kappa shape index (κ3) is 2.71. The van der Waals surface area contributed by atoms with E-state index in [2.05, 4.69) is 20.4 Å². The second-order valence-corrected chi connectivity index (χ2v) is 5.51. The number of H-pyrrole nitrogens is 1. The number of halogens is 2. The van der Waals surface area contributed by atoms with Gasteiger partial charge >= 0.3 is 0 Å². The van der Waals surface area contributed by atoms with E-state index in [0.717, 1.165) is 22.2 Å². The maximum absolute atomic E-state index is 12.3. The fourth-order valence-electron chi connectivity index (χ4n) is 2.78. The summed E-state index contributed by atoms with van der Waals surface area (Å²) in [5.41, 5.74) is 3.37. The summed E-state index contributed by atoms with van der Waals surface area (Å²) in [6.07, 6.45) is 4.05. The first kappa shape index (κ1) is 15.3. The van der Waals surface area contributed by atoms with Crippen molar-refractivity contribution in [1.29, 1.82) is 0 Å². The Bertz CT molecular complexity index is 1070. The van der Waals surface area contributed by atoms with Gasteiger partial charge in [-0.05, 0) is 29.8 Å². The van der Waals surface area contributed by atoms with Gasteiger partial charge in [0.25, 0.3) is 12.3 Å². The highest BCUT2D eigenvalue weighted by atomic mass is 19.3. The van der Waals surface area contributed by atoms with Crippen LogP contribution >= 0.6 is 0 Å². The van der Waals surface area contributed by atoms with Gasteiger partial charge in [0.05, 0.1) is 23.8 Å². The molecule has 25 heavy (non-hydrogen) atoms. The fourth-order valence-corrected chi connectivity index (χ4v) is 2.78. The van der Waals surface area contributed by atoms with E-state index in [-0.39, 0.29) is 5.56 Å². The average Bonchev–Trinajstić information content (AvgIpc) is 3.23. The number of carbonyl (C=O) groups excluding carboxylic acids is 1. The van der Waals surface area contributed by atoms with Crippen LogP contribution in [0.2, 0.25) is 0 Å². The normalized spacial score (nSPS) is 11.5. The van der Waals surface area contributed by atoms with Crippen LogP contribution in [0, 0.1) is 0 Å². The van der Waals surface area contributed by atoms with E-state index in [1.807, 2.05) is 24.4 Å². The number of alkyl halides is 2. The number of aromatic nitrogens is 4. The highest BCUT2D eigenvalue weighted by Gasteiger charge is 2.15. The Morgan fingerprint density at radius 1 is 1.36 bits per heavy atom. The molecule has 4 aromatic rings. The Labute approximate surface area is 140 Å². The van der Waals surface area contributed by atoms with Gasteiger partial charge in [0.1, 0.15) is 5.65 Å². The molecule has 0 aliphatic heterocycles. The summed E-state index contributed by atoms with van der Waals surface area (Å²) in [6.45, 7) is -0.690. The lowest BCUT2D eigenvalue weighted by Gasteiger charge is -2.04. The van der Waals surface area contributed by atoms with E-state index in [9.17, 15) is 13.6 Å². The molecule has 2 N–H and O–H groups in total. The standard InChI is InChI=1S/C17H13F2N5O/c18-15(19)9-22-17(25)13-8-23-24-5-3-10(6-14(13)24)12-7-21-16-11(12)2-1-4-20-16/h1-8,15H,9H2,(H,20,21)(H,22,25). The predicted octanol–water partition coefficient (Wildman–Crippen LogP) is 2.87. The zero-order valence-electron chi connectivity index (χ0n) is 12.9. The van der Waals surface area contributed by atoms with E-state index in [1.54, 1.807) is 18.5 Å². The Balaban J connectivity index is 1.77. The molecule has 0 aliphatic carbocycles. The van der Waals surface area contributed by atoms with Crippen molar-refractivity contribution in [1.82, 2.24) is 24.9 Å². The van der Waals surface area contributed by atoms with E-state index >= 15 is 0 Å². The highest BCUT2D eigenvalue weighted by molar-refractivity contribution is 6.02. The van der Waals surface area contributed by atoms with Crippen LogP contribution in [0.25, 0.3) is 27.7 Å². The van der Waals surface area contributed by atoms with Gasteiger partial charge in [-0.3, -0.25) is 4.79 Å². The molecule has 0 bridgehead atoms. The van der Waals surface area contributed by atoms with Gasteiger partial charge in [0.15, 0.2) is 0 Å². The van der Waals surface area contributed by atoms with E-state index < -0.39 is 18.9 Å². The Morgan fingerprint density at radius 2 is 2.24 bits per heavy atom. The van der Waals surface area contributed by atoms with Crippen LogP contribution in [0.3, 0.4) is 0 Å². The second-order valence-electron chi connectivity index (χ2n) is 5.51. The van der Waals surface area contributed by atoms with Crippen molar-refractivity contribution in [3.8, 4) is 11.1 Å². The number of nitrogens with one attached hydrogen (secondary N) is 2. The largest absolute Gasteiger partial charge is 0.346 e. The first-order valence-electron chi connectivity index (χ1n) is 7.59. The molecular weight excluding hydrogens is 328 g/mol. The van der Waals surface area contributed by atoms with Gasteiger partial charge in [-0.2, -0.15) is 5.10 Å². The monoisotopic (exact) mass is 341 g/mol. The Hall–Kier alpha value is -3.29. The first-order chi connectivity index (χ1) is 12.1. The molecule has 0 spiro atoms. The number of hydrogen-bond donors (Lipinski definition) is 2. The van der Waals surface area contributed by atoms with Crippen molar-refractivity contribution in [2.75, 3.05) is 6.54 Å². The fraction of sp³-hybridized carbons (Fsp3) is 0.118. The smallest absolute Gasteiger partial charge is 0.255 e. The van der Waals surface area contributed by atoms with E-state index in [0.29, 0.717) is 5.52 Å². The molecule has 0 atom stereocenters. The summed E-state index contributed by atoms with van der Waals surface area (Å²) in [5, 5.41) is 7.26. The van der Waals surface area contributed by atoms with Crippen LogP contribution in [0.1, 0.15) is 10.4 Å². The number of pyridine rings is 2. The summed E-state index contributed by atoms with van der Waals surface area (Å²) in [7, 11) is 0. The van der Waals surface area contributed by atoms with Crippen molar-refractivity contribution >= 4 is 22.5 Å². The third-order valence-corrected chi connectivity index (χ3v) is 3.95. The molecular formula is C17H13F2N5O. The van der Waals surface area contributed by atoms with Crippen LogP contribution in [-0.2, 0) is 0 Å². The summed E-state index contributed by atoms with van der Waals surface area (Å²) in [4.78, 5) is 19.5. The SMILES string of the molecule is O=C(NCC(F)F)c1cnn2ccc(-c3c[nH]c4ncccc34)cc12. The molecule has 6 nitrogen and oxygen atoms in total. The van der Waals surface area contributed by atoms with Crippen LogP contribution in [0.4, 0.5) is 8.78 Å². The van der Waals surface area contributed by atoms with Crippen molar-refractivity contribution in [3.05, 3.63) is 54.6 Å². The van der Waals surface area contributed by atoms with Crippen LogP contribution in [0.5, 0.6) is 0 Å². The summed E-state index contributed by atoms with van der Waals surface area (Å²) >= 11 is 0.